The second kappa shape index (κ2) is 5.62. The molecule has 2 aromatic carbocycles. The number of furan rings is 1. The lowest BCUT2D eigenvalue weighted by Crippen LogP contribution is -2.08. The van der Waals surface area contributed by atoms with Crippen molar-refractivity contribution in [1.29, 1.82) is 0 Å². The minimum atomic E-state index is 0.0228. The number of aliphatic hydroxyl groups is 1. The van der Waals surface area contributed by atoms with Crippen LogP contribution in [0.2, 0.25) is 0 Å². The highest BCUT2D eigenvalue weighted by Crippen LogP contribution is 2.31. The van der Waals surface area contributed by atoms with E-state index in [-0.39, 0.29) is 12.6 Å². The van der Waals surface area contributed by atoms with Gasteiger partial charge in [0, 0.05) is 22.2 Å². The highest BCUT2D eigenvalue weighted by Gasteiger charge is 2.17. The maximum atomic E-state index is 9.41. The Labute approximate surface area is 124 Å². The number of rotatable bonds is 4. The fraction of sp³-hybridized carbons (Fsp3) is 0.222. The van der Waals surface area contributed by atoms with Gasteiger partial charge in [-0.1, -0.05) is 36.4 Å². The number of benzene rings is 2. The van der Waals surface area contributed by atoms with E-state index < -0.39 is 0 Å². The number of hydrogen-bond acceptors (Lipinski definition) is 3. The minimum absolute atomic E-state index is 0.0228. The molecule has 3 nitrogen and oxygen atoms in total. The SMILES string of the molecule is Cc1c(C(C)Nc2ccccc2CO)oc2ccccc12. The molecule has 0 fully saturated rings. The average Bonchev–Trinajstić information content (AvgIpc) is 2.85. The highest BCUT2D eigenvalue weighted by atomic mass is 16.3. The topological polar surface area (TPSA) is 45.4 Å². The van der Waals surface area contributed by atoms with Crippen molar-refractivity contribution in [3.05, 3.63) is 65.4 Å². The van der Waals surface area contributed by atoms with Crippen LogP contribution in [-0.2, 0) is 6.61 Å². The summed E-state index contributed by atoms with van der Waals surface area (Å²) in [5.74, 6) is 0.934. The zero-order valence-electron chi connectivity index (χ0n) is 12.3. The Bertz CT molecular complexity index is 761. The van der Waals surface area contributed by atoms with E-state index in [0.29, 0.717) is 0 Å². The molecule has 3 heteroatoms. The second-order valence-corrected chi connectivity index (χ2v) is 5.27. The maximum Gasteiger partial charge on any atom is 0.134 e. The Balaban J connectivity index is 1.93. The van der Waals surface area contributed by atoms with Crippen LogP contribution < -0.4 is 5.32 Å². The molecule has 1 atom stereocenters. The van der Waals surface area contributed by atoms with E-state index >= 15 is 0 Å². The summed E-state index contributed by atoms with van der Waals surface area (Å²) in [7, 11) is 0. The molecule has 0 aliphatic heterocycles. The van der Waals surface area contributed by atoms with Crippen molar-refractivity contribution < 1.29 is 9.52 Å². The summed E-state index contributed by atoms with van der Waals surface area (Å²) in [6.45, 7) is 4.17. The van der Waals surface area contributed by atoms with Crippen molar-refractivity contribution in [3.63, 3.8) is 0 Å². The van der Waals surface area contributed by atoms with Crippen molar-refractivity contribution in [2.45, 2.75) is 26.5 Å². The van der Waals surface area contributed by atoms with Gasteiger partial charge in [0.05, 0.1) is 12.6 Å². The third-order valence-corrected chi connectivity index (χ3v) is 3.83. The number of nitrogens with one attached hydrogen (secondary N) is 1. The van der Waals surface area contributed by atoms with Crippen LogP contribution in [0.3, 0.4) is 0 Å². The smallest absolute Gasteiger partial charge is 0.134 e. The van der Waals surface area contributed by atoms with Crippen LogP contribution in [0, 0.1) is 6.92 Å². The molecule has 0 radical (unpaired) electrons. The van der Waals surface area contributed by atoms with Crippen LogP contribution in [0.25, 0.3) is 11.0 Å². The minimum Gasteiger partial charge on any atom is -0.459 e. The standard InChI is InChI=1S/C18H19NO2/c1-12-15-8-4-6-10-17(15)21-18(12)13(2)19-16-9-5-3-7-14(16)11-20/h3-10,13,19-20H,11H2,1-2H3. The summed E-state index contributed by atoms with van der Waals surface area (Å²) in [6, 6.07) is 15.9. The number of aliphatic hydroxyl groups excluding tert-OH is 1. The Morgan fingerprint density at radius 2 is 1.81 bits per heavy atom. The van der Waals surface area contributed by atoms with Gasteiger partial charge in [0.15, 0.2) is 0 Å². The van der Waals surface area contributed by atoms with E-state index in [1.165, 1.54) is 0 Å². The molecule has 108 valence electrons. The first-order chi connectivity index (χ1) is 10.2. The number of aryl methyl sites for hydroxylation is 1. The zero-order valence-corrected chi connectivity index (χ0v) is 12.3. The van der Waals surface area contributed by atoms with Gasteiger partial charge in [-0.05, 0) is 26.0 Å². The third-order valence-electron chi connectivity index (χ3n) is 3.83. The Kier molecular flexibility index (Phi) is 3.67. The van der Waals surface area contributed by atoms with Gasteiger partial charge in [-0.15, -0.1) is 0 Å². The molecule has 1 heterocycles. The molecule has 0 amide bonds. The third kappa shape index (κ3) is 2.52. The van der Waals surface area contributed by atoms with E-state index in [0.717, 1.165) is 33.5 Å². The van der Waals surface area contributed by atoms with Gasteiger partial charge >= 0.3 is 0 Å². The molecule has 3 aromatic rings. The van der Waals surface area contributed by atoms with Crippen LogP contribution >= 0.6 is 0 Å². The van der Waals surface area contributed by atoms with Crippen LogP contribution in [-0.4, -0.2) is 5.11 Å². The fourth-order valence-electron chi connectivity index (χ4n) is 2.70. The van der Waals surface area contributed by atoms with Crippen molar-refractivity contribution in [2.75, 3.05) is 5.32 Å². The first-order valence-corrected chi connectivity index (χ1v) is 7.14. The van der Waals surface area contributed by atoms with Gasteiger partial charge < -0.3 is 14.8 Å². The molecule has 2 N–H and O–H groups in total. The predicted octanol–water partition coefficient (Wildman–Crippen LogP) is 4.41. The number of anilines is 1. The second-order valence-electron chi connectivity index (χ2n) is 5.27. The first-order valence-electron chi connectivity index (χ1n) is 7.14. The van der Waals surface area contributed by atoms with E-state index in [2.05, 4.69) is 25.2 Å². The number of hydrogen-bond donors (Lipinski definition) is 2. The lowest BCUT2D eigenvalue weighted by molar-refractivity contribution is 0.282. The summed E-state index contributed by atoms with van der Waals surface area (Å²) >= 11 is 0. The normalized spacial score (nSPS) is 12.5. The molecule has 0 saturated carbocycles. The molecular weight excluding hydrogens is 262 g/mol. The molecule has 1 aromatic heterocycles. The molecule has 21 heavy (non-hydrogen) atoms. The van der Waals surface area contributed by atoms with Crippen LogP contribution in [0.4, 0.5) is 5.69 Å². The Morgan fingerprint density at radius 1 is 1.10 bits per heavy atom. The molecule has 0 aliphatic carbocycles. The van der Waals surface area contributed by atoms with E-state index in [1.807, 2.05) is 42.5 Å². The van der Waals surface area contributed by atoms with Crippen LogP contribution in [0.1, 0.15) is 29.9 Å². The average molecular weight is 281 g/mol. The summed E-state index contributed by atoms with van der Waals surface area (Å²) in [4.78, 5) is 0. The van der Waals surface area contributed by atoms with Crippen molar-refractivity contribution >= 4 is 16.7 Å². The van der Waals surface area contributed by atoms with E-state index in [1.54, 1.807) is 0 Å². The summed E-state index contributed by atoms with van der Waals surface area (Å²) < 4.78 is 5.98. The van der Waals surface area contributed by atoms with E-state index in [4.69, 9.17) is 4.42 Å². The largest absolute Gasteiger partial charge is 0.459 e. The van der Waals surface area contributed by atoms with Gasteiger partial charge in [0.25, 0.3) is 0 Å². The molecule has 1 unspecified atom stereocenters. The van der Waals surface area contributed by atoms with Gasteiger partial charge in [0.2, 0.25) is 0 Å². The maximum absolute atomic E-state index is 9.41. The Hall–Kier alpha value is -2.26. The van der Waals surface area contributed by atoms with Crippen molar-refractivity contribution in [2.24, 2.45) is 0 Å². The Morgan fingerprint density at radius 3 is 2.57 bits per heavy atom. The molecular formula is C18H19NO2. The van der Waals surface area contributed by atoms with Crippen molar-refractivity contribution in [1.82, 2.24) is 0 Å². The van der Waals surface area contributed by atoms with Gasteiger partial charge in [0.1, 0.15) is 11.3 Å². The van der Waals surface area contributed by atoms with Gasteiger partial charge in [-0.2, -0.15) is 0 Å². The monoisotopic (exact) mass is 281 g/mol. The summed E-state index contributed by atoms with van der Waals surface area (Å²) in [6.07, 6.45) is 0. The van der Waals surface area contributed by atoms with Gasteiger partial charge in [-0.25, -0.2) is 0 Å². The molecule has 0 aliphatic rings. The van der Waals surface area contributed by atoms with E-state index in [9.17, 15) is 5.11 Å². The molecule has 0 spiro atoms. The highest BCUT2D eigenvalue weighted by molar-refractivity contribution is 5.82. The molecule has 0 bridgehead atoms. The number of fused-ring (bicyclic) bond motifs is 1. The lowest BCUT2D eigenvalue weighted by atomic mass is 10.1. The van der Waals surface area contributed by atoms with Crippen LogP contribution in [0.5, 0.6) is 0 Å². The molecule has 0 saturated heterocycles. The first kappa shape index (κ1) is 13.7. The lowest BCUT2D eigenvalue weighted by Gasteiger charge is -2.16. The predicted molar refractivity (Wildman–Crippen MR) is 85.4 cm³/mol. The summed E-state index contributed by atoms with van der Waals surface area (Å²) in [5.41, 5.74) is 3.90. The summed E-state index contributed by atoms with van der Waals surface area (Å²) in [5, 5.41) is 14.0. The quantitative estimate of drug-likeness (QED) is 0.744. The molecule has 3 rings (SSSR count). The fourth-order valence-corrected chi connectivity index (χ4v) is 2.70. The number of para-hydroxylation sites is 2. The van der Waals surface area contributed by atoms with Crippen molar-refractivity contribution in [3.8, 4) is 0 Å². The van der Waals surface area contributed by atoms with Gasteiger partial charge in [-0.3, -0.25) is 0 Å². The van der Waals surface area contributed by atoms with Crippen LogP contribution in [0.15, 0.2) is 52.9 Å². The zero-order chi connectivity index (χ0) is 14.8.